The first-order valence-corrected chi connectivity index (χ1v) is 14.3. The minimum atomic E-state index is -0.352. The Bertz CT molecular complexity index is 518. The highest BCUT2D eigenvalue weighted by Crippen LogP contribution is 2.36. The summed E-state index contributed by atoms with van der Waals surface area (Å²) in [6.07, 6.45) is 18.9. The Morgan fingerprint density at radius 2 is 1.09 bits per heavy atom. The Hall–Kier alpha value is -1.06. The summed E-state index contributed by atoms with van der Waals surface area (Å²) < 4.78 is 11.6. The molecule has 5 atom stereocenters. The first-order valence-electron chi connectivity index (χ1n) is 14.3. The van der Waals surface area contributed by atoms with Crippen LogP contribution in [-0.4, -0.2) is 24.1 Å². The second-order valence-electron chi connectivity index (χ2n) is 10.7. The molecule has 0 aliphatic heterocycles. The number of carbonyl (C=O) groups excluding carboxylic acids is 2. The van der Waals surface area contributed by atoms with E-state index >= 15 is 0 Å². The van der Waals surface area contributed by atoms with E-state index in [1.54, 1.807) is 0 Å². The van der Waals surface area contributed by atoms with Crippen LogP contribution in [-0.2, 0) is 19.1 Å². The summed E-state index contributed by atoms with van der Waals surface area (Å²) in [6, 6.07) is 0. The van der Waals surface area contributed by atoms with Gasteiger partial charge in [0, 0.05) is 0 Å². The van der Waals surface area contributed by atoms with E-state index in [9.17, 15) is 9.59 Å². The van der Waals surface area contributed by atoms with Crippen LogP contribution in [0.2, 0.25) is 0 Å². The van der Waals surface area contributed by atoms with Gasteiger partial charge in [-0.15, -0.1) is 0 Å². The van der Waals surface area contributed by atoms with Crippen LogP contribution in [0.5, 0.6) is 0 Å². The third-order valence-electron chi connectivity index (χ3n) is 7.28. The number of unbranched alkanes of at least 4 members (excludes halogenated alkanes) is 10. The lowest BCUT2D eigenvalue weighted by Crippen LogP contribution is -2.39. The van der Waals surface area contributed by atoms with E-state index in [-0.39, 0.29) is 36.0 Å². The first-order chi connectivity index (χ1) is 15.9. The summed E-state index contributed by atoms with van der Waals surface area (Å²) in [7, 11) is 0. The second kappa shape index (κ2) is 18.3. The van der Waals surface area contributed by atoms with Gasteiger partial charge in [-0.2, -0.15) is 0 Å². The molecule has 0 radical (unpaired) electrons. The van der Waals surface area contributed by atoms with E-state index in [4.69, 9.17) is 9.47 Å². The highest BCUT2D eigenvalue weighted by molar-refractivity contribution is 5.82. The van der Waals surface area contributed by atoms with Crippen LogP contribution in [0, 0.1) is 17.8 Å². The van der Waals surface area contributed by atoms with Gasteiger partial charge >= 0.3 is 11.9 Å². The molecule has 33 heavy (non-hydrogen) atoms. The van der Waals surface area contributed by atoms with Gasteiger partial charge in [0.1, 0.15) is 0 Å². The summed E-state index contributed by atoms with van der Waals surface area (Å²) in [5.41, 5.74) is 0. The van der Waals surface area contributed by atoms with Crippen LogP contribution in [0.1, 0.15) is 144 Å². The van der Waals surface area contributed by atoms with Crippen molar-refractivity contribution in [2.45, 2.75) is 156 Å². The quantitative estimate of drug-likeness (QED) is 0.150. The summed E-state index contributed by atoms with van der Waals surface area (Å²) in [5, 5.41) is 0. The first kappa shape index (κ1) is 30.0. The molecule has 1 aliphatic carbocycles. The molecule has 1 fully saturated rings. The number of hydrogen-bond donors (Lipinski definition) is 0. The van der Waals surface area contributed by atoms with Gasteiger partial charge in [-0.25, -0.2) is 0 Å². The van der Waals surface area contributed by atoms with Gasteiger partial charge < -0.3 is 9.47 Å². The lowest BCUT2D eigenvalue weighted by Gasteiger charge is -2.33. The standard InChI is InChI=1S/C29H54O4/c1-6-8-10-12-14-16-18-24(4)32-28(30)26-21-20-23(3)22-27(26)29(31)33-25(5)19-17-15-13-11-9-7-2/h23-27H,6-22H2,1-5H3. The highest BCUT2D eigenvalue weighted by atomic mass is 16.6. The second-order valence-corrected chi connectivity index (χ2v) is 10.7. The number of rotatable bonds is 18. The number of hydrogen-bond acceptors (Lipinski definition) is 4. The molecule has 0 aromatic rings. The molecule has 1 rings (SSSR count). The molecule has 1 aliphatic rings. The van der Waals surface area contributed by atoms with Crippen molar-refractivity contribution in [1.82, 2.24) is 0 Å². The molecule has 0 spiro atoms. The van der Waals surface area contributed by atoms with Crippen molar-refractivity contribution in [3.8, 4) is 0 Å². The average Bonchev–Trinajstić information content (AvgIpc) is 2.78. The fourth-order valence-corrected chi connectivity index (χ4v) is 5.04. The molecular weight excluding hydrogens is 412 g/mol. The minimum Gasteiger partial charge on any atom is -0.462 e. The summed E-state index contributed by atoms with van der Waals surface area (Å²) in [4.78, 5) is 26.0. The maximum atomic E-state index is 13.0. The number of carbonyl (C=O) groups is 2. The Kier molecular flexibility index (Phi) is 16.6. The van der Waals surface area contributed by atoms with Crippen LogP contribution in [0.25, 0.3) is 0 Å². The van der Waals surface area contributed by atoms with Gasteiger partial charge in [0.2, 0.25) is 0 Å². The molecule has 0 N–H and O–H groups in total. The van der Waals surface area contributed by atoms with E-state index in [2.05, 4.69) is 20.8 Å². The Morgan fingerprint density at radius 3 is 1.58 bits per heavy atom. The van der Waals surface area contributed by atoms with Gasteiger partial charge in [-0.3, -0.25) is 9.59 Å². The Balaban J connectivity index is 2.43. The predicted octanol–water partition coefficient (Wildman–Crippen LogP) is 8.40. The van der Waals surface area contributed by atoms with Crippen LogP contribution >= 0.6 is 0 Å². The largest absolute Gasteiger partial charge is 0.462 e. The van der Waals surface area contributed by atoms with Gasteiger partial charge in [-0.1, -0.05) is 85.0 Å². The third kappa shape index (κ3) is 13.4. The SMILES string of the molecule is CCCCCCCCC(C)OC(=O)C1CCC(C)CC1C(=O)OC(C)CCCCCCCC. The maximum absolute atomic E-state index is 13.0. The average molecular weight is 467 g/mol. The van der Waals surface area contributed by atoms with Crippen molar-refractivity contribution in [1.29, 1.82) is 0 Å². The van der Waals surface area contributed by atoms with E-state index in [0.29, 0.717) is 5.92 Å². The van der Waals surface area contributed by atoms with Crippen LogP contribution in [0.3, 0.4) is 0 Å². The van der Waals surface area contributed by atoms with Crippen LogP contribution in [0.4, 0.5) is 0 Å². The smallest absolute Gasteiger partial charge is 0.310 e. The van der Waals surface area contributed by atoms with Crippen molar-refractivity contribution in [2.24, 2.45) is 17.8 Å². The molecule has 0 amide bonds. The molecule has 0 bridgehead atoms. The van der Waals surface area contributed by atoms with Gasteiger partial charge in [0.25, 0.3) is 0 Å². The van der Waals surface area contributed by atoms with Crippen molar-refractivity contribution >= 4 is 11.9 Å². The van der Waals surface area contributed by atoms with Gasteiger partial charge in [0.05, 0.1) is 24.0 Å². The van der Waals surface area contributed by atoms with E-state index < -0.39 is 0 Å². The zero-order valence-electron chi connectivity index (χ0n) is 22.5. The summed E-state index contributed by atoms with van der Waals surface area (Å²) in [6.45, 7) is 10.6. The third-order valence-corrected chi connectivity index (χ3v) is 7.28. The molecule has 1 saturated carbocycles. The molecule has 0 aromatic heterocycles. The molecule has 0 aromatic carbocycles. The lowest BCUT2D eigenvalue weighted by atomic mass is 9.74. The highest BCUT2D eigenvalue weighted by Gasteiger charge is 2.40. The van der Waals surface area contributed by atoms with Crippen molar-refractivity contribution in [2.75, 3.05) is 0 Å². The lowest BCUT2D eigenvalue weighted by molar-refractivity contribution is -0.169. The predicted molar refractivity (Wildman–Crippen MR) is 137 cm³/mol. The van der Waals surface area contributed by atoms with E-state index in [1.807, 2.05) is 13.8 Å². The Morgan fingerprint density at radius 1 is 0.667 bits per heavy atom. The monoisotopic (exact) mass is 466 g/mol. The van der Waals surface area contributed by atoms with Crippen molar-refractivity contribution < 1.29 is 19.1 Å². The molecule has 4 nitrogen and oxygen atoms in total. The Labute approximate surface area is 205 Å². The molecule has 5 unspecified atom stereocenters. The zero-order chi connectivity index (χ0) is 24.5. The minimum absolute atomic E-state index is 0.0775. The van der Waals surface area contributed by atoms with Crippen LogP contribution in [0.15, 0.2) is 0 Å². The van der Waals surface area contributed by atoms with Crippen molar-refractivity contribution in [3.05, 3.63) is 0 Å². The molecular formula is C29H54O4. The maximum Gasteiger partial charge on any atom is 0.310 e. The van der Waals surface area contributed by atoms with E-state index in [0.717, 1.165) is 44.9 Å². The van der Waals surface area contributed by atoms with Gasteiger partial charge in [0.15, 0.2) is 0 Å². The number of ether oxygens (including phenoxy) is 2. The van der Waals surface area contributed by atoms with Crippen LogP contribution < -0.4 is 0 Å². The topological polar surface area (TPSA) is 52.6 Å². The zero-order valence-corrected chi connectivity index (χ0v) is 22.5. The fraction of sp³-hybridized carbons (Fsp3) is 0.931. The normalized spacial score (nSPS) is 22.5. The summed E-state index contributed by atoms with van der Waals surface area (Å²) in [5.74, 6) is -0.631. The van der Waals surface area contributed by atoms with E-state index in [1.165, 1.54) is 64.2 Å². The molecule has 194 valence electrons. The summed E-state index contributed by atoms with van der Waals surface area (Å²) >= 11 is 0. The van der Waals surface area contributed by atoms with Gasteiger partial charge in [-0.05, 0) is 64.7 Å². The fourth-order valence-electron chi connectivity index (χ4n) is 5.04. The number of esters is 2. The molecule has 0 heterocycles. The van der Waals surface area contributed by atoms with Crippen molar-refractivity contribution in [3.63, 3.8) is 0 Å². The molecule has 0 saturated heterocycles. The molecule has 4 heteroatoms.